The third-order valence-electron chi connectivity index (χ3n) is 12.0. The quantitative estimate of drug-likeness (QED) is 0.0621. The minimum atomic E-state index is -2.65. The van der Waals surface area contributed by atoms with Crippen molar-refractivity contribution in [1.82, 2.24) is 0 Å². The lowest BCUT2D eigenvalue weighted by Gasteiger charge is -2.34. The van der Waals surface area contributed by atoms with E-state index in [9.17, 15) is 0 Å². The molecule has 9 rings (SSSR count). The van der Waals surface area contributed by atoms with Gasteiger partial charge >= 0.3 is 0 Å². The molecular weight excluding hydrogens is 765 g/mol. The van der Waals surface area contributed by atoms with Gasteiger partial charge < -0.3 is 0 Å². The van der Waals surface area contributed by atoms with Crippen LogP contribution in [0.15, 0.2) is 273 Å². The van der Waals surface area contributed by atoms with Crippen molar-refractivity contribution in [2.75, 3.05) is 0 Å². The first-order chi connectivity index (χ1) is 30.3. The maximum atomic E-state index is 2.48. The van der Waals surface area contributed by atoms with Crippen LogP contribution in [0.25, 0.3) is 11.6 Å². The predicted octanol–water partition coefficient (Wildman–Crippen LogP) is 8.78. The SMILES string of the molecule is C(=C\c1cccc([Si](c2ccccc2)(c2ccccc2)c2ccccc2)c1)/C(=C\Cc1cccc([Si](c2ccccc2)(c2ccccc2)c2ccccc2)c1)c1ccccc1. The van der Waals surface area contributed by atoms with Crippen LogP contribution in [0.1, 0.15) is 16.7 Å². The second kappa shape index (κ2) is 18.4. The molecule has 0 saturated carbocycles. The molecule has 9 aromatic rings. The lowest BCUT2D eigenvalue weighted by molar-refractivity contribution is 1.28. The van der Waals surface area contributed by atoms with Crippen molar-refractivity contribution in [1.29, 1.82) is 0 Å². The molecule has 0 N–H and O–H groups in total. The average molecular weight is 813 g/mol. The van der Waals surface area contributed by atoms with Crippen LogP contribution < -0.4 is 41.5 Å². The van der Waals surface area contributed by atoms with Gasteiger partial charge in [-0.2, -0.15) is 0 Å². The second-order valence-electron chi connectivity index (χ2n) is 15.6. The molecule has 0 amide bonds. The molecule has 0 aromatic heterocycles. The summed E-state index contributed by atoms with van der Waals surface area (Å²) >= 11 is 0. The zero-order valence-corrected chi connectivity index (χ0v) is 36.3. The molecule has 0 unspecified atom stereocenters. The number of hydrogen-bond donors (Lipinski definition) is 0. The number of benzene rings is 9. The Kier molecular flexibility index (Phi) is 11.9. The summed E-state index contributed by atoms with van der Waals surface area (Å²) in [7, 11) is -5.29. The van der Waals surface area contributed by atoms with Crippen LogP contribution >= 0.6 is 0 Å². The molecule has 0 aliphatic rings. The Morgan fingerprint density at radius 1 is 0.311 bits per heavy atom. The highest BCUT2D eigenvalue weighted by Crippen LogP contribution is 2.20. The van der Waals surface area contributed by atoms with Crippen molar-refractivity contribution < 1.29 is 0 Å². The molecule has 292 valence electrons. The normalized spacial score (nSPS) is 12.0. The van der Waals surface area contributed by atoms with Gasteiger partial charge in [-0.05, 0) is 70.2 Å². The molecule has 9 aromatic carbocycles. The maximum Gasteiger partial charge on any atom is 0.179 e. The minimum absolute atomic E-state index is 0.803. The molecule has 0 nitrogen and oxygen atoms in total. The first-order valence-electron chi connectivity index (χ1n) is 21.2. The van der Waals surface area contributed by atoms with E-state index in [0.29, 0.717) is 0 Å². The van der Waals surface area contributed by atoms with E-state index >= 15 is 0 Å². The fourth-order valence-corrected chi connectivity index (χ4v) is 18.9. The minimum Gasteiger partial charge on any atom is -0.0723 e. The van der Waals surface area contributed by atoms with Gasteiger partial charge in [0.1, 0.15) is 0 Å². The average Bonchev–Trinajstić information content (AvgIpc) is 3.35. The molecule has 0 bridgehead atoms. The van der Waals surface area contributed by atoms with E-state index in [0.717, 1.165) is 6.42 Å². The number of hydrogen-bond acceptors (Lipinski definition) is 0. The Hall–Kier alpha value is -7.11. The fraction of sp³-hybridized carbons (Fsp3) is 0.0169. The Bertz CT molecular complexity index is 2640. The highest BCUT2D eigenvalue weighted by atomic mass is 28.3. The lowest BCUT2D eigenvalue weighted by Crippen LogP contribution is -2.74. The van der Waals surface area contributed by atoms with Gasteiger partial charge in [-0.1, -0.05) is 279 Å². The van der Waals surface area contributed by atoms with Gasteiger partial charge in [-0.15, -0.1) is 0 Å². The van der Waals surface area contributed by atoms with Gasteiger partial charge in [0.05, 0.1) is 0 Å². The summed E-state index contributed by atoms with van der Waals surface area (Å²) in [5, 5.41) is 11.0. The van der Waals surface area contributed by atoms with Crippen LogP contribution in [-0.4, -0.2) is 16.1 Å². The van der Waals surface area contributed by atoms with Crippen LogP contribution in [0, 0.1) is 0 Å². The molecule has 0 aliphatic heterocycles. The van der Waals surface area contributed by atoms with E-state index in [4.69, 9.17) is 0 Å². The van der Waals surface area contributed by atoms with Crippen molar-refractivity contribution in [3.05, 3.63) is 290 Å². The van der Waals surface area contributed by atoms with Crippen molar-refractivity contribution >= 4 is 69.3 Å². The molecule has 2 heteroatoms. The van der Waals surface area contributed by atoms with E-state index in [-0.39, 0.29) is 0 Å². The summed E-state index contributed by atoms with van der Waals surface area (Å²) in [6.07, 6.45) is 7.82. The molecule has 61 heavy (non-hydrogen) atoms. The molecule has 0 radical (unpaired) electrons. The second-order valence-corrected chi connectivity index (χ2v) is 23.2. The Balaban J connectivity index is 1.13. The molecular formula is C59H48Si2. The number of allylic oxidation sites excluding steroid dienone is 3. The maximum absolute atomic E-state index is 2.65. The molecule has 0 fully saturated rings. The highest BCUT2D eigenvalue weighted by Gasteiger charge is 2.42. The molecule has 0 spiro atoms. The first kappa shape index (κ1) is 39.4. The summed E-state index contributed by atoms with van der Waals surface area (Å²) in [5.41, 5.74) is 4.89. The van der Waals surface area contributed by atoms with Gasteiger partial charge in [0.25, 0.3) is 0 Å². The van der Waals surface area contributed by atoms with Gasteiger partial charge in [0.2, 0.25) is 0 Å². The van der Waals surface area contributed by atoms with E-state index in [1.807, 2.05) is 0 Å². The summed E-state index contributed by atoms with van der Waals surface area (Å²) in [4.78, 5) is 0. The Morgan fingerprint density at radius 2 is 0.639 bits per heavy atom. The number of rotatable bonds is 13. The topological polar surface area (TPSA) is 0 Å². The van der Waals surface area contributed by atoms with E-state index in [1.165, 1.54) is 63.8 Å². The lowest BCUT2D eigenvalue weighted by atomic mass is 10.0. The van der Waals surface area contributed by atoms with E-state index < -0.39 is 16.1 Å². The van der Waals surface area contributed by atoms with Crippen molar-refractivity contribution in [2.45, 2.75) is 6.42 Å². The third-order valence-corrected chi connectivity index (χ3v) is 21.6. The van der Waals surface area contributed by atoms with Crippen molar-refractivity contribution in [3.8, 4) is 0 Å². The predicted molar refractivity (Wildman–Crippen MR) is 267 cm³/mol. The van der Waals surface area contributed by atoms with Gasteiger partial charge in [-0.3, -0.25) is 0 Å². The van der Waals surface area contributed by atoms with Crippen LogP contribution in [0.2, 0.25) is 0 Å². The highest BCUT2D eigenvalue weighted by molar-refractivity contribution is 7.20. The summed E-state index contributed by atoms with van der Waals surface area (Å²) in [5.74, 6) is 0. The summed E-state index contributed by atoms with van der Waals surface area (Å²) in [6, 6.07) is 96.4. The zero-order valence-electron chi connectivity index (χ0n) is 34.3. The third kappa shape index (κ3) is 8.00. The standard InChI is InChI=1S/C59H48Si2/c1-8-26-50(27-9-1)51(44-42-48-24-22-40-58(46-48)60(52-28-10-2-11-29-52,53-30-12-3-13-31-53)54-32-14-4-15-33-54)45-43-49-25-23-41-59(47-49)61(55-34-16-5-17-35-55,56-36-18-6-19-37-56)57-38-20-7-21-39-57/h1-42,44-47H,43H2/b44-42+,51-45+. The van der Waals surface area contributed by atoms with Gasteiger partial charge in [-0.25, -0.2) is 0 Å². The van der Waals surface area contributed by atoms with Gasteiger partial charge in [0.15, 0.2) is 16.1 Å². The van der Waals surface area contributed by atoms with Crippen molar-refractivity contribution in [3.63, 3.8) is 0 Å². The van der Waals surface area contributed by atoms with Crippen LogP contribution in [-0.2, 0) is 6.42 Å². The molecule has 0 heterocycles. The first-order valence-corrected chi connectivity index (χ1v) is 25.2. The summed E-state index contributed by atoms with van der Waals surface area (Å²) in [6.45, 7) is 0. The molecule has 0 saturated heterocycles. The molecule has 0 aliphatic carbocycles. The largest absolute Gasteiger partial charge is 0.179 e. The van der Waals surface area contributed by atoms with Crippen LogP contribution in [0.4, 0.5) is 0 Å². The Morgan fingerprint density at radius 3 is 1.03 bits per heavy atom. The van der Waals surface area contributed by atoms with Crippen LogP contribution in [0.3, 0.4) is 0 Å². The molecule has 0 atom stereocenters. The summed E-state index contributed by atoms with van der Waals surface area (Å²) < 4.78 is 0. The van der Waals surface area contributed by atoms with E-state index in [1.54, 1.807) is 0 Å². The van der Waals surface area contributed by atoms with Gasteiger partial charge in [0, 0.05) is 0 Å². The monoisotopic (exact) mass is 812 g/mol. The fourth-order valence-electron chi connectivity index (χ4n) is 9.26. The van der Waals surface area contributed by atoms with Crippen LogP contribution in [0.5, 0.6) is 0 Å². The smallest absolute Gasteiger partial charge is 0.0723 e. The van der Waals surface area contributed by atoms with E-state index in [2.05, 4.69) is 279 Å². The Labute approximate surface area is 363 Å². The zero-order chi connectivity index (χ0) is 41.2. The van der Waals surface area contributed by atoms with Crippen molar-refractivity contribution in [2.24, 2.45) is 0 Å².